The average molecular weight is 408 g/mol. The van der Waals surface area contributed by atoms with Crippen LogP contribution in [-0.4, -0.2) is 20.0 Å². The van der Waals surface area contributed by atoms with Gasteiger partial charge in [-0.25, -0.2) is 0 Å². The van der Waals surface area contributed by atoms with Crippen LogP contribution in [0.2, 0.25) is 0 Å². The molecule has 4 rings (SSSR count). The summed E-state index contributed by atoms with van der Waals surface area (Å²) in [5.74, 6) is 1.63. The van der Waals surface area contributed by atoms with E-state index in [4.69, 9.17) is 9.47 Å². The van der Waals surface area contributed by atoms with Gasteiger partial charge in [0.05, 0.1) is 14.2 Å². The number of benzene rings is 3. The van der Waals surface area contributed by atoms with E-state index in [2.05, 4.69) is 13.0 Å². The number of hydrogen-bond acceptors (Lipinski definition) is 3. The van der Waals surface area contributed by atoms with E-state index in [0.717, 1.165) is 44.9 Å². The summed E-state index contributed by atoms with van der Waals surface area (Å²) in [6.07, 6.45) is 7.46. The summed E-state index contributed by atoms with van der Waals surface area (Å²) < 4.78 is 10.7. The summed E-state index contributed by atoms with van der Waals surface area (Å²) >= 11 is 0. The quantitative estimate of drug-likeness (QED) is 0.477. The molecule has 3 aromatic rings. The Labute approximate surface area is 183 Å². The minimum absolute atomic E-state index is 0.00971. The fourth-order valence-corrected chi connectivity index (χ4v) is 3.79. The molecule has 3 heteroatoms. The lowest BCUT2D eigenvalue weighted by molar-refractivity contribution is -0.109. The predicted molar refractivity (Wildman–Crippen MR) is 126 cm³/mol. The van der Waals surface area contributed by atoms with Gasteiger partial charge in [0.25, 0.3) is 0 Å². The van der Waals surface area contributed by atoms with Crippen LogP contribution >= 0.6 is 0 Å². The third kappa shape index (κ3) is 4.22. The summed E-state index contributed by atoms with van der Waals surface area (Å²) in [6, 6.07) is 21.9. The SMILES string of the molecule is COc1ccc(/C(=C/C=C2/C(=O)C=Cc3ccccc32)c2ccc(OC)cc2C)cc1. The molecule has 0 aromatic heterocycles. The number of fused-ring (bicyclic) bond motifs is 1. The fraction of sp³-hybridized carbons (Fsp3) is 0.107. The maximum atomic E-state index is 12.7. The van der Waals surface area contributed by atoms with E-state index < -0.39 is 0 Å². The third-order valence-corrected chi connectivity index (χ3v) is 5.47. The van der Waals surface area contributed by atoms with Gasteiger partial charge in [0.1, 0.15) is 11.5 Å². The van der Waals surface area contributed by atoms with Gasteiger partial charge < -0.3 is 9.47 Å². The first-order valence-corrected chi connectivity index (χ1v) is 10.1. The standard InChI is InChI=1S/C28H24O3/c1-19-18-23(31-3)13-14-24(19)26(21-8-11-22(30-2)12-9-21)15-16-27-25-7-5-4-6-20(25)10-17-28(27)29/h4-18H,1-3H3/b26-15-,27-16+. The summed E-state index contributed by atoms with van der Waals surface area (Å²) in [6.45, 7) is 2.06. The Morgan fingerprint density at radius 2 is 1.55 bits per heavy atom. The van der Waals surface area contributed by atoms with Gasteiger partial charge in [-0.05, 0) is 76.7 Å². The molecule has 0 aliphatic heterocycles. The number of carbonyl (C=O) groups is 1. The molecule has 0 saturated heterocycles. The maximum absolute atomic E-state index is 12.7. The van der Waals surface area contributed by atoms with E-state index in [1.165, 1.54) is 0 Å². The molecular weight excluding hydrogens is 384 g/mol. The highest BCUT2D eigenvalue weighted by Gasteiger charge is 2.16. The molecule has 0 bridgehead atoms. The number of hydrogen-bond donors (Lipinski definition) is 0. The molecule has 0 amide bonds. The molecule has 0 spiro atoms. The number of rotatable bonds is 5. The van der Waals surface area contributed by atoms with Gasteiger partial charge in [-0.1, -0.05) is 54.6 Å². The zero-order chi connectivity index (χ0) is 21.8. The Hall–Kier alpha value is -3.85. The van der Waals surface area contributed by atoms with Gasteiger partial charge in [0.15, 0.2) is 5.78 Å². The van der Waals surface area contributed by atoms with E-state index >= 15 is 0 Å². The largest absolute Gasteiger partial charge is 0.497 e. The summed E-state index contributed by atoms with van der Waals surface area (Å²) in [5, 5.41) is 0. The van der Waals surface area contributed by atoms with Crippen LogP contribution in [0.4, 0.5) is 0 Å². The van der Waals surface area contributed by atoms with Crippen LogP contribution in [-0.2, 0) is 4.79 Å². The molecule has 0 saturated carbocycles. The number of allylic oxidation sites excluding steroid dienone is 4. The number of aryl methyl sites for hydroxylation is 1. The fourth-order valence-electron chi connectivity index (χ4n) is 3.79. The lowest BCUT2D eigenvalue weighted by atomic mass is 9.89. The third-order valence-electron chi connectivity index (χ3n) is 5.47. The van der Waals surface area contributed by atoms with Gasteiger partial charge in [-0.3, -0.25) is 4.79 Å². The lowest BCUT2D eigenvalue weighted by Gasteiger charge is -2.15. The second kappa shape index (κ2) is 8.88. The highest BCUT2D eigenvalue weighted by Crippen LogP contribution is 2.32. The van der Waals surface area contributed by atoms with Gasteiger partial charge in [0.2, 0.25) is 0 Å². The second-order valence-corrected chi connectivity index (χ2v) is 7.35. The predicted octanol–water partition coefficient (Wildman–Crippen LogP) is 6.12. The first kappa shape index (κ1) is 20.4. The van der Waals surface area contributed by atoms with Crippen molar-refractivity contribution in [2.75, 3.05) is 14.2 Å². The van der Waals surface area contributed by atoms with E-state index in [1.807, 2.05) is 78.9 Å². The Balaban J connectivity index is 1.86. The van der Waals surface area contributed by atoms with Crippen molar-refractivity contribution >= 4 is 23.0 Å². The zero-order valence-corrected chi connectivity index (χ0v) is 17.9. The van der Waals surface area contributed by atoms with Crippen molar-refractivity contribution in [3.8, 4) is 11.5 Å². The van der Waals surface area contributed by atoms with Crippen molar-refractivity contribution in [3.05, 3.63) is 113 Å². The van der Waals surface area contributed by atoms with E-state index in [1.54, 1.807) is 20.3 Å². The lowest BCUT2D eigenvalue weighted by Crippen LogP contribution is -2.04. The van der Waals surface area contributed by atoms with Gasteiger partial charge in [-0.15, -0.1) is 0 Å². The molecule has 0 radical (unpaired) electrons. The summed E-state index contributed by atoms with van der Waals surface area (Å²) in [5.41, 5.74) is 6.92. The van der Waals surface area contributed by atoms with E-state index in [-0.39, 0.29) is 5.78 Å². The van der Waals surface area contributed by atoms with Crippen molar-refractivity contribution in [1.82, 2.24) is 0 Å². The minimum atomic E-state index is 0.00971. The zero-order valence-electron chi connectivity index (χ0n) is 17.9. The molecule has 0 N–H and O–H groups in total. The Kier molecular flexibility index (Phi) is 5.85. The van der Waals surface area contributed by atoms with Crippen molar-refractivity contribution in [2.45, 2.75) is 6.92 Å². The molecule has 3 aromatic carbocycles. The molecule has 0 fully saturated rings. The number of ether oxygens (including phenoxy) is 2. The van der Waals surface area contributed by atoms with Crippen molar-refractivity contribution in [1.29, 1.82) is 0 Å². The Morgan fingerprint density at radius 3 is 2.26 bits per heavy atom. The monoisotopic (exact) mass is 408 g/mol. The number of carbonyl (C=O) groups excluding carboxylic acids is 1. The first-order chi connectivity index (χ1) is 15.1. The number of methoxy groups -OCH3 is 2. The van der Waals surface area contributed by atoms with Gasteiger partial charge in [-0.2, -0.15) is 0 Å². The highest BCUT2D eigenvalue weighted by atomic mass is 16.5. The van der Waals surface area contributed by atoms with Crippen LogP contribution < -0.4 is 9.47 Å². The average Bonchev–Trinajstić information content (AvgIpc) is 2.81. The van der Waals surface area contributed by atoms with Crippen molar-refractivity contribution in [2.24, 2.45) is 0 Å². The molecule has 31 heavy (non-hydrogen) atoms. The van der Waals surface area contributed by atoms with Crippen LogP contribution in [0.25, 0.3) is 17.2 Å². The Morgan fingerprint density at radius 1 is 0.839 bits per heavy atom. The molecule has 0 heterocycles. The number of ketones is 1. The maximum Gasteiger partial charge on any atom is 0.186 e. The molecular formula is C28H24O3. The highest BCUT2D eigenvalue weighted by molar-refractivity contribution is 6.30. The molecule has 3 nitrogen and oxygen atoms in total. The topological polar surface area (TPSA) is 35.5 Å². The molecule has 1 aliphatic rings. The second-order valence-electron chi connectivity index (χ2n) is 7.35. The van der Waals surface area contributed by atoms with E-state index in [0.29, 0.717) is 5.57 Å². The van der Waals surface area contributed by atoms with Crippen molar-refractivity contribution in [3.63, 3.8) is 0 Å². The summed E-state index contributed by atoms with van der Waals surface area (Å²) in [4.78, 5) is 12.7. The van der Waals surface area contributed by atoms with Crippen LogP contribution in [0.5, 0.6) is 11.5 Å². The van der Waals surface area contributed by atoms with Crippen molar-refractivity contribution < 1.29 is 14.3 Å². The molecule has 154 valence electrons. The normalized spacial score (nSPS) is 14.5. The van der Waals surface area contributed by atoms with Crippen LogP contribution in [0.1, 0.15) is 27.8 Å². The Bertz CT molecular complexity index is 1210. The minimum Gasteiger partial charge on any atom is -0.497 e. The van der Waals surface area contributed by atoms with Gasteiger partial charge >= 0.3 is 0 Å². The van der Waals surface area contributed by atoms with E-state index in [9.17, 15) is 4.79 Å². The smallest absolute Gasteiger partial charge is 0.186 e. The molecule has 0 atom stereocenters. The summed E-state index contributed by atoms with van der Waals surface area (Å²) in [7, 11) is 3.32. The van der Waals surface area contributed by atoms with Crippen LogP contribution in [0.3, 0.4) is 0 Å². The van der Waals surface area contributed by atoms with Crippen LogP contribution in [0, 0.1) is 6.92 Å². The first-order valence-electron chi connectivity index (χ1n) is 10.1. The molecule has 0 unspecified atom stereocenters. The molecule has 1 aliphatic carbocycles. The van der Waals surface area contributed by atoms with Gasteiger partial charge in [0, 0.05) is 5.57 Å². The van der Waals surface area contributed by atoms with Crippen LogP contribution in [0.15, 0.2) is 85.0 Å².